The van der Waals surface area contributed by atoms with E-state index in [2.05, 4.69) is 35.0 Å². The third kappa shape index (κ3) is 4.19. The molecule has 4 rings (SSSR count). The highest BCUT2D eigenvalue weighted by molar-refractivity contribution is 9.10. The average Bonchev–Trinajstić information content (AvgIpc) is 3.08. The molecule has 0 bridgehead atoms. The number of aromatic nitrogens is 2. The van der Waals surface area contributed by atoms with Crippen LogP contribution < -0.4 is 0 Å². The van der Waals surface area contributed by atoms with E-state index in [4.69, 9.17) is 9.84 Å². The molecule has 1 amide bonds. The predicted molar refractivity (Wildman–Crippen MR) is 125 cm³/mol. The number of ether oxygens (including phenoxy) is 1. The molecule has 162 valence electrons. The monoisotopic (exact) mass is 481 g/mol. The molecular weight excluding hydrogens is 454 g/mol. The number of halogens is 1. The molecule has 1 aliphatic heterocycles. The minimum Gasteiger partial charge on any atom is -0.381 e. The Balaban J connectivity index is 1.63. The summed E-state index contributed by atoms with van der Waals surface area (Å²) in [6.45, 7) is 5.81. The minimum atomic E-state index is -0.551. The fourth-order valence-corrected chi connectivity index (χ4v) is 4.78. The summed E-state index contributed by atoms with van der Waals surface area (Å²) in [6.07, 6.45) is 1.39. The molecule has 3 aromatic rings. The molecule has 0 aliphatic carbocycles. The highest BCUT2D eigenvalue weighted by Gasteiger charge is 2.43. The number of para-hydroxylation sites is 1. The first-order valence-corrected chi connectivity index (χ1v) is 11.4. The fraction of sp³-hybridized carbons (Fsp3) is 0.360. The fourth-order valence-electron chi connectivity index (χ4n) is 4.51. The highest BCUT2D eigenvalue weighted by Crippen LogP contribution is 2.37. The van der Waals surface area contributed by atoms with Crippen molar-refractivity contribution in [3.63, 3.8) is 0 Å². The van der Waals surface area contributed by atoms with Crippen LogP contribution in [0.15, 0.2) is 59.1 Å². The van der Waals surface area contributed by atoms with Gasteiger partial charge in [0, 0.05) is 42.5 Å². The molecule has 2 aromatic carbocycles. The zero-order valence-corrected chi connectivity index (χ0v) is 19.9. The molecule has 0 atom stereocenters. The van der Waals surface area contributed by atoms with E-state index in [-0.39, 0.29) is 5.91 Å². The van der Waals surface area contributed by atoms with E-state index in [9.17, 15) is 4.79 Å². The number of hydrogen-bond acceptors (Lipinski definition) is 3. The highest BCUT2D eigenvalue weighted by atomic mass is 79.9. The second-order valence-electron chi connectivity index (χ2n) is 8.26. The maximum absolute atomic E-state index is 13.8. The maximum atomic E-state index is 13.8. The molecule has 2 heterocycles. The topological polar surface area (TPSA) is 47.4 Å². The summed E-state index contributed by atoms with van der Waals surface area (Å²) in [5, 5.41) is 4.74. The average molecular weight is 482 g/mol. The molecule has 1 aromatic heterocycles. The zero-order valence-electron chi connectivity index (χ0n) is 18.3. The van der Waals surface area contributed by atoms with E-state index in [0.717, 1.165) is 32.7 Å². The molecule has 1 fully saturated rings. The largest absolute Gasteiger partial charge is 0.381 e. The van der Waals surface area contributed by atoms with E-state index in [1.54, 1.807) is 0 Å². The van der Waals surface area contributed by atoms with Gasteiger partial charge in [0.25, 0.3) is 0 Å². The number of carbonyl (C=O) groups excluding carboxylic acids is 1. The number of carbonyl (C=O) groups is 1. The lowest BCUT2D eigenvalue weighted by atomic mass is 9.73. The smallest absolute Gasteiger partial charge is 0.233 e. The summed E-state index contributed by atoms with van der Waals surface area (Å²) in [5.41, 5.74) is 4.64. The first-order valence-electron chi connectivity index (χ1n) is 10.6. The summed E-state index contributed by atoms with van der Waals surface area (Å²) in [5.74, 6) is 0.143. The molecule has 5 nitrogen and oxygen atoms in total. The van der Waals surface area contributed by atoms with Gasteiger partial charge in [-0.15, -0.1) is 0 Å². The number of benzene rings is 2. The van der Waals surface area contributed by atoms with E-state index in [1.165, 1.54) is 0 Å². The summed E-state index contributed by atoms with van der Waals surface area (Å²) in [7, 11) is 1.90. The van der Waals surface area contributed by atoms with Gasteiger partial charge in [0.05, 0.1) is 16.8 Å². The Bertz CT molecular complexity index is 1050. The van der Waals surface area contributed by atoms with Gasteiger partial charge >= 0.3 is 0 Å². The van der Waals surface area contributed by atoms with Crippen LogP contribution in [0.5, 0.6) is 0 Å². The standard InChI is InChI=1S/C25H28BrN3O2/c1-18-23(19(2)29(27-18)22-7-5-4-6-8-22)17-28(3)24(30)25(13-15-31-16-14-25)20-9-11-21(26)12-10-20/h4-12H,13-17H2,1-3H3. The van der Waals surface area contributed by atoms with Crippen molar-refractivity contribution in [2.75, 3.05) is 20.3 Å². The first kappa shape index (κ1) is 21.8. The van der Waals surface area contributed by atoms with Gasteiger partial charge in [-0.05, 0) is 56.5 Å². The van der Waals surface area contributed by atoms with Crippen molar-refractivity contribution in [2.45, 2.75) is 38.6 Å². The summed E-state index contributed by atoms with van der Waals surface area (Å²) in [4.78, 5) is 15.7. The number of amides is 1. The van der Waals surface area contributed by atoms with Gasteiger partial charge in [-0.2, -0.15) is 5.10 Å². The Morgan fingerprint density at radius 3 is 2.39 bits per heavy atom. The van der Waals surface area contributed by atoms with Crippen LogP contribution in [0, 0.1) is 13.8 Å². The Kier molecular flexibility index (Phi) is 6.30. The second kappa shape index (κ2) is 8.97. The van der Waals surface area contributed by atoms with Crippen LogP contribution in [0.4, 0.5) is 0 Å². The van der Waals surface area contributed by atoms with E-state index >= 15 is 0 Å². The molecular formula is C25H28BrN3O2. The molecule has 31 heavy (non-hydrogen) atoms. The third-order valence-electron chi connectivity index (χ3n) is 6.34. The van der Waals surface area contributed by atoms with Crippen LogP contribution in [-0.4, -0.2) is 40.8 Å². The Labute approximate surface area is 192 Å². The molecule has 0 unspecified atom stereocenters. The van der Waals surface area contributed by atoms with Crippen LogP contribution in [0.25, 0.3) is 5.69 Å². The molecule has 0 saturated carbocycles. The number of hydrogen-bond donors (Lipinski definition) is 0. The van der Waals surface area contributed by atoms with Crippen molar-refractivity contribution in [1.29, 1.82) is 0 Å². The Morgan fingerprint density at radius 1 is 1.10 bits per heavy atom. The lowest BCUT2D eigenvalue weighted by Gasteiger charge is -2.39. The van der Waals surface area contributed by atoms with Crippen LogP contribution >= 0.6 is 15.9 Å². The summed E-state index contributed by atoms with van der Waals surface area (Å²) in [6, 6.07) is 18.2. The van der Waals surface area contributed by atoms with Crippen LogP contribution in [0.2, 0.25) is 0 Å². The van der Waals surface area contributed by atoms with Crippen LogP contribution in [-0.2, 0) is 21.5 Å². The quantitative estimate of drug-likeness (QED) is 0.517. The molecule has 6 heteroatoms. The van der Waals surface area contributed by atoms with Crippen molar-refractivity contribution in [3.8, 4) is 5.69 Å². The lowest BCUT2D eigenvalue weighted by Crippen LogP contribution is -2.48. The Morgan fingerprint density at radius 2 is 1.74 bits per heavy atom. The second-order valence-corrected chi connectivity index (χ2v) is 9.17. The predicted octanol–water partition coefficient (Wildman–Crippen LogP) is 4.96. The molecule has 0 spiro atoms. The van der Waals surface area contributed by atoms with Crippen molar-refractivity contribution in [3.05, 3.63) is 81.6 Å². The Hall–Kier alpha value is -2.44. The molecule has 1 aliphatic rings. The van der Waals surface area contributed by atoms with Crippen LogP contribution in [0.1, 0.15) is 35.4 Å². The van der Waals surface area contributed by atoms with Gasteiger partial charge < -0.3 is 9.64 Å². The molecule has 1 saturated heterocycles. The van der Waals surface area contributed by atoms with E-state index in [1.807, 2.05) is 66.0 Å². The normalized spacial score (nSPS) is 15.6. The van der Waals surface area contributed by atoms with Gasteiger partial charge in [0.15, 0.2) is 0 Å². The number of nitrogens with zero attached hydrogens (tertiary/aromatic N) is 3. The third-order valence-corrected chi connectivity index (χ3v) is 6.87. The summed E-state index contributed by atoms with van der Waals surface area (Å²) >= 11 is 3.51. The first-order chi connectivity index (χ1) is 14.9. The minimum absolute atomic E-state index is 0.143. The van der Waals surface area contributed by atoms with E-state index in [0.29, 0.717) is 32.6 Å². The molecule has 0 radical (unpaired) electrons. The van der Waals surface area contributed by atoms with Gasteiger partial charge in [0.2, 0.25) is 5.91 Å². The van der Waals surface area contributed by atoms with Crippen LogP contribution in [0.3, 0.4) is 0 Å². The van der Waals surface area contributed by atoms with E-state index < -0.39 is 5.41 Å². The molecule has 0 N–H and O–H groups in total. The van der Waals surface area contributed by atoms with Gasteiger partial charge in [-0.3, -0.25) is 4.79 Å². The van der Waals surface area contributed by atoms with Gasteiger partial charge in [0.1, 0.15) is 0 Å². The van der Waals surface area contributed by atoms with Gasteiger partial charge in [-0.25, -0.2) is 4.68 Å². The number of rotatable bonds is 5. The number of aryl methyl sites for hydroxylation is 1. The maximum Gasteiger partial charge on any atom is 0.233 e. The lowest BCUT2D eigenvalue weighted by molar-refractivity contribution is -0.140. The van der Waals surface area contributed by atoms with Crippen molar-refractivity contribution in [1.82, 2.24) is 14.7 Å². The van der Waals surface area contributed by atoms with Gasteiger partial charge in [-0.1, -0.05) is 46.3 Å². The zero-order chi connectivity index (χ0) is 22.0. The SMILES string of the molecule is Cc1nn(-c2ccccc2)c(C)c1CN(C)C(=O)C1(c2ccc(Br)cc2)CCOCC1. The summed E-state index contributed by atoms with van der Waals surface area (Å²) < 4.78 is 8.59. The number of likely N-dealkylation sites (N-methyl/N-ethyl adjacent to an activating group) is 1. The van der Waals surface area contributed by atoms with Crippen molar-refractivity contribution in [2.24, 2.45) is 0 Å². The van der Waals surface area contributed by atoms with Crippen molar-refractivity contribution >= 4 is 21.8 Å². The van der Waals surface area contributed by atoms with Crippen molar-refractivity contribution < 1.29 is 9.53 Å².